The van der Waals surface area contributed by atoms with Crippen molar-refractivity contribution in [3.63, 3.8) is 0 Å². The number of alkyl halides is 3. The van der Waals surface area contributed by atoms with Crippen LogP contribution in [0, 0.1) is 11.3 Å². The van der Waals surface area contributed by atoms with Crippen molar-refractivity contribution >= 4 is 10.9 Å². The Bertz CT molecular complexity index is 852. The quantitative estimate of drug-likeness (QED) is 0.717. The third kappa shape index (κ3) is 2.56. The molecule has 110 valence electrons. The molecule has 0 aliphatic rings. The second kappa shape index (κ2) is 5.23. The van der Waals surface area contributed by atoms with Crippen LogP contribution in [0.15, 0.2) is 48.7 Å². The van der Waals surface area contributed by atoms with Crippen LogP contribution < -0.4 is 0 Å². The van der Waals surface area contributed by atoms with Crippen molar-refractivity contribution in [2.75, 3.05) is 0 Å². The standard InChI is InChI=1S/C17H11F3N2/c18-17(19,20)14-4-1-11(2-5-14)12-3-6-16-15(9-12)13(7-8-21)10-22-16/h1-6,9-10,22H,7H2. The number of fused-ring (bicyclic) bond motifs is 1. The molecule has 1 heterocycles. The van der Waals surface area contributed by atoms with Crippen LogP contribution in [-0.4, -0.2) is 4.98 Å². The molecule has 0 saturated carbocycles. The normalized spacial score (nSPS) is 11.5. The van der Waals surface area contributed by atoms with E-state index < -0.39 is 11.7 Å². The van der Waals surface area contributed by atoms with E-state index in [0.717, 1.165) is 34.2 Å². The van der Waals surface area contributed by atoms with E-state index in [9.17, 15) is 13.2 Å². The summed E-state index contributed by atoms with van der Waals surface area (Å²) in [4.78, 5) is 3.08. The summed E-state index contributed by atoms with van der Waals surface area (Å²) in [6, 6.07) is 12.8. The fourth-order valence-electron chi connectivity index (χ4n) is 2.44. The van der Waals surface area contributed by atoms with Gasteiger partial charge in [-0.1, -0.05) is 18.2 Å². The maximum atomic E-state index is 12.6. The molecule has 1 aromatic heterocycles. The first kappa shape index (κ1) is 14.2. The molecular weight excluding hydrogens is 289 g/mol. The molecule has 3 aromatic rings. The zero-order valence-electron chi connectivity index (χ0n) is 11.4. The fraction of sp³-hybridized carbons (Fsp3) is 0.118. The van der Waals surface area contributed by atoms with Gasteiger partial charge in [-0.2, -0.15) is 18.4 Å². The topological polar surface area (TPSA) is 39.6 Å². The lowest BCUT2D eigenvalue weighted by atomic mass is 10.0. The van der Waals surface area contributed by atoms with Crippen LogP contribution in [0.3, 0.4) is 0 Å². The third-order valence-corrected chi connectivity index (χ3v) is 3.58. The SMILES string of the molecule is N#CCc1c[nH]c2ccc(-c3ccc(C(F)(F)F)cc3)cc12. The number of H-pyrrole nitrogens is 1. The lowest BCUT2D eigenvalue weighted by Gasteiger charge is -2.08. The van der Waals surface area contributed by atoms with Crippen LogP contribution >= 0.6 is 0 Å². The van der Waals surface area contributed by atoms with Crippen molar-refractivity contribution in [2.45, 2.75) is 12.6 Å². The summed E-state index contributed by atoms with van der Waals surface area (Å²) in [5.41, 5.74) is 2.65. The van der Waals surface area contributed by atoms with Gasteiger partial charge in [0.15, 0.2) is 0 Å². The first-order valence-electron chi connectivity index (χ1n) is 6.63. The number of nitrogens with one attached hydrogen (secondary N) is 1. The Morgan fingerprint density at radius 2 is 1.68 bits per heavy atom. The zero-order chi connectivity index (χ0) is 15.7. The Morgan fingerprint density at radius 3 is 2.32 bits per heavy atom. The summed E-state index contributed by atoms with van der Waals surface area (Å²) in [6.07, 6.45) is -2.26. The molecule has 0 spiro atoms. The van der Waals surface area contributed by atoms with Crippen molar-refractivity contribution in [1.82, 2.24) is 4.98 Å². The largest absolute Gasteiger partial charge is 0.416 e. The lowest BCUT2D eigenvalue weighted by Crippen LogP contribution is -2.03. The highest BCUT2D eigenvalue weighted by Crippen LogP contribution is 2.32. The average Bonchev–Trinajstić information content (AvgIpc) is 2.89. The number of aromatic amines is 1. The van der Waals surface area contributed by atoms with E-state index >= 15 is 0 Å². The Labute approximate surface area is 124 Å². The molecule has 0 saturated heterocycles. The Hall–Kier alpha value is -2.74. The fourth-order valence-corrected chi connectivity index (χ4v) is 2.44. The summed E-state index contributed by atoms with van der Waals surface area (Å²) < 4.78 is 37.8. The molecule has 3 rings (SSSR count). The number of hydrogen-bond acceptors (Lipinski definition) is 1. The van der Waals surface area contributed by atoms with Gasteiger partial charge in [0.2, 0.25) is 0 Å². The summed E-state index contributed by atoms with van der Waals surface area (Å²) in [5.74, 6) is 0. The van der Waals surface area contributed by atoms with Gasteiger partial charge in [0.1, 0.15) is 0 Å². The lowest BCUT2D eigenvalue weighted by molar-refractivity contribution is -0.137. The van der Waals surface area contributed by atoms with Crippen LogP contribution in [0.4, 0.5) is 13.2 Å². The predicted octanol–water partition coefficient (Wildman–Crippen LogP) is 4.92. The van der Waals surface area contributed by atoms with E-state index in [1.165, 1.54) is 12.1 Å². The Balaban J connectivity index is 2.03. The van der Waals surface area contributed by atoms with Crippen LogP contribution in [0.1, 0.15) is 11.1 Å². The minimum atomic E-state index is -4.33. The molecule has 5 heteroatoms. The summed E-state index contributed by atoms with van der Waals surface area (Å²) in [6.45, 7) is 0. The van der Waals surface area contributed by atoms with Crippen molar-refractivity contribution in [2.24, 2.45) is 0 Å². The van der Waals surface area contributed by atoms with E-state index in [0.29, 0.717) is 5.56 Å². The monoisotopic (exact) mass is 300 g/mol. The molecule has 0 atom stereocenters. The molecule has 0 bridgehead atoms. The molecule has 0 aliphatic carbocycles. The first-order chi connectivity index (χ1) is 10.5. The van der Waals surface area contributed by atoms with Crippen molar-refractivity contribution in [3.8, 4) is 17.2 Å². The van der Waals surface area contributed by atoms with Gasteiger partial charge in [0.05, 0.1) is 18.1 Å². The maximum Gasteiger partial charge on any atom is 0.416 e. The highest BCUT2D eigenvalue weighted by Gasteiger charge is 2.29. The van der Waals surface area contributed by atoms with Crippen molar-refractivity contribution in [1.29, 1.82) is 5.26 Å². The number of hydrogen-bond donors (Lipinski definition) is 1. The molecule has 0 aliphatic heterocycles. The molecule has 0 radical (unpaired) electrons. The molecule has 2 nitrogen and oxygen atoms in total. The van der Waals surface area contributed by atoms with Gasteiger partial charge in [0, 0.05) is 17.1 Å². The number of nitriles is 1. The number of aromatic nitrogens is 1. The molecule has 2 aromatic carbocycles. The van der Waals surface area contributed by atoms with Crippen LogP contribution in [0.5, 0.6) is 0 Å². The number of benzene rings is 2. The van der Waals surface area contributed by atoms with Crippen LogP contribution in [0.2, 0.25) is 0 Å². The number of halogens is 3. The van der Waals surface area contributed by atoms with Gasteiger partial charge < -0.3 is 4.98 Å². The minimum Gasteiger partial charge on any atom is -0.361 e. The Morgan fingerprint density at radius 1 is 1.00 bits per heavy atom. The van der Waals surface area contributed by atoms with Gasteiger partial charge in [-0.05, 0) is 41.0 Å². The smallest absolute Gasteiger partial charge is 0.361 e. The van der Waals surface area contributed by atoms with E-state index in [1.54, 1.807) is 6.20 Å². The van der Waals surface area contributed by atoms with Gasteiger partial charge in [-0.15, -0.1) is 0 Å². The third-order valence-electron chi connectivity index (χ3n) is 3.58. The maximum absolute atomic E-state index is 12.6. The van der Waals surface area contributed by atoms with Crippen molar-refractivity contribution in [3.05, 3.63) is 59.8 Å². The molecule has 0 fully saturated rings. The second-order valence-corrected chi connectivity index (χ2v) is 4.98. The number of nitrogens with zero attached hydrogens (tertiary/aromatic N) is 1. The number of rotatable bonds is 2. The van der Waals surface area contributed by atoms with Gasteiger partial charge >= 0.3 is 6.18 Å². The summed E-state index contributed by atoms with van der Waals surface area (Å²) in [5, 5.41) is 9.74. The summed E-state index contributed by atoms with van der Waals surface area (Å²) in [7, 11) is 0. The summed E-state index contributed by atoms with van der Waals surface area (Å²) >= 11 is 0. The minimum absolute atomic E-state index is 0.288. The van der Waals surface area contributed by atoms with Crippen LogP contribution in [-0.2, 0) is 12.6 Å². The first-order valence-corrected chi connectivity index (χ1v) is 6.63. The van der Waals surface area contributed by atoms with Crippen molar-refractivity contribution < 1.29 is 13.2 Å². The van der Waals surface area contributed by atoms with E-state index in [4.69, 9.17) is 5.26 Å². The van der Waals surface area contributed by atoms with Crippen LogP contribution in [0.25, 0.3) is 22.0 Å². The molecular formula is C17H11F3N2. The highest BCUT2D eigenvalue weighted by molar-refractivity contribution is 5.88. The molecule has 22 heavy (non-hydrogen) atoms. The zero-order valence-corrected chi connectivity index (χ0v) is 11.4. The predicted molar refractivity (Wildman–Crippen MR) is 78.1 cm³/mol. The molecule has 0 unspecified atom stereocenters. The second-order valence-electron chi connectivity index (χ2n) is 4.98. The van der Waals surface area contributed by atoms with Gasteiger partial charge in [-0.25, -0.2) is 0 Å². The van der Waals surface area contributed by atoms with Gasteiger partial charge in [-0.3, -0.25) is 0 Å². The molecule has 0 amide bonds. The Kier molecular flexibility index (Phi) is 3.38. The highest BCUT2D eigenvalue weighted by atomic mass is 19.4. The van der Waals surface area contributed by atoms with E-state index in [-0.39, 0.29) is 6.42 Å². The molecule has 1 N–H and O–H groups in total. The van der Waals surface area contributed by atoms with E-state index in [1.807, 2.05) is 18.2 Å². The average molecular weight is 300 g/mol. The van der Waals surface area contributed by atoms with E-state index in [2.05, 4.69) is 11.1 Å². The van der Waals surface area contributed by atoms with Gasteiger partial charge in [0.25, 0.3) is 0 Å².